The minimum Gasteiger partial charge on any atom is -0.339 e. The van der Waals surface area contributed by atoms with Gasteiger partial charge in [0.1, 0.15) is 0 Å². The molecule has 0 N–H and O–H groups in total. The first-order chi connectivity index (χ1) is 8.02. The van der Waals surface area contributed by atoms with Crippen molar-refractivity contribution in [1.29, 1.82) is 0 Å². The van der Waals surface area contributed by atoms with Gasteiger partial charge in [-0.15, -0.1) is 0 Å². The molecule has 4 heteroatoms. The van der Waals surface area contributed by atoms with Gasteiger partial charge in [-0.2, -0.15) is 0 Å². The number of halogens is 2. The minimum absolute atomic E-state index is 0.102. The number of nitrogens with zero attached hydrogens (tertiary/aromatic N) is 1. The molecule has 0 aromatic heterocycles. The van der Waals surface area contributed by atoms with E-state index in [1.165, 1.54) is 19.9 Å². The molecular weight excluding hydrogens is 224 g/mol. The highest BCUT2D eigenvalue weighted by atomic mass is 19.2. The van der Waals surface area contributed by atoms with Gasteiger partial charge >= 0.3 is 0 Å². The lowest BCUT2D eigenvalue weighted by Gasteiger charge is -2.17. The largest absolute Gasteiger partial charge is 0.339 e. The predicted molar refractivity (Wildman–Crippen MR) is 61.0 cm³/mol. The number of hydrogen-bond acceptors (Lipinski definition) is 1. The van der Waals surface area contributed by atoms with E-state index in [2.05, 4.69) is 0 Å². The summed E-state index contributed by atoms with van der Waals surface area (Å²) in [4.78, 5) is 13.8. The van der Waals surface area contributed by atoms with Gasteiger partial charge < -0.3 is 4.90 Å². The zero-order valence-electron chi connectivity index (χ0n) is 10.0. The zero-order chi connectivity index (χ0) is 12.6. The highest BCUT2D eigenvalue weighted by molar-refractivity contribution is 5.96. The Kier molecular flexibility index (Phi) is 3.13. The van der Waals surface area contributed by atoms with E-state index in [1.54, 1.807) is 4.90 Å². The van der Waals surface area contributed by atoms with Crippen molar-refractivity contribution < 1.29 is 13.6 Å². The normalized spacial score (nSPS) is 15.4. The Morgan fingerprint density at radius 3 is 2.35 bits per heavy atom. The van der Waals surface area contributed by atoms with Crippen LogP contribution in [0.1, 0.15) is 34.3 Å². The molecule has 1 fully saturated rings. The lowest BCUT2D eigenvalue weighted by atomic mass is 10.0. The van der Waals surface area contributed by atoms with Crippen LogP contribution in [0.2, 0.25) is 0 Å². The van der Waals surface area contributed by atoms with Gasteiger partial charge in [0.2, 0.25) is 0 Å². The van der Waals surface area contributed by atoms with E-state index in [1.807, 2.05) is 0 Å². The molecule has 0 radical (unpaired) electrons. The van der Waals surface area contributed by atoms with Crippen molar-refractivity contribution >= 4 is 5.91 Å². The van der Waals surface area contributed by atoms with Gasteiger partial charge in [0.15, 0.2) is 11.6 Å². The Bertz CT molecular complexity index is 465. The van der Waals surface area contributed by atoms with E-state index < -0.39 is 11.6 Å². The van der Waals surface area contributed by atoms with Crippen LogP contribution in [0.15, 0.2) is 6.07 Å². The Morgan fingerprint density at radius 2 is 1.76 bits per heavy atom. The second-order valence-electron chi connectivity index (χ2n) is 4.49. The number of hydrogen-bond donors (Lipinski definition) is 0. The number of likely N-dealkylation sites (tertiary alicyclic amines) is 1. The van der Waals surface area contributed by atoms with Crippen molar-refractivity contribution in [2.24, 2.45) is 0 Å². The highest BCUT2D eigenvalue weighted by Crippen LogP contribution is 2.22. The topological polar surface area (TPSA) is 20.3 Å². The van der Waals surface area contributed by atoms with Gasteiger partial charge in [-0.25, -0.2) is 8.78 Å². The summed E-state index contributed by atoms with van der Waals surface area (Å²) < 4.78 is 26.9. The minimum atomic E-state index is -0.910. The molecule has 1 aromatic rings. The Morgan fingerprint density at radius 1 is 1.18 bits per heavy atom. The summed E-state index contributed by atoms with van der Waals surface area (Å²) in [5.74, 6) is -1.96. The molecule has 2 rings (SSSR count). The number of amides is 1. The maximum atomic E-state index is 13.6. The van der Waals surface area contributed by atoms with Crippen molar-refractivity contribution in [2.75, 3.05) is 13.1 Å². The van der Waals surface area contributed by atoms with Crippen molar-refractivity contribution in [3.8, 4) is 0 Å². The molecule has 1 amide bonds. The smallest absolute Gasteiger partial charge is 0.254 e. The number of aryl methyl sites for hydroxylation is 1. The van der Waals surface area contributed by atoms with E-state index in [9.17, 15) is 13.6 Å². The van der Waals surface area contributed by atoms with Crippen LogP contribution >= 0.6 is 0 Å². The first kappa shape index (κ1) is 12.0. The van der Waals surface area contributed by atoms with Crippen LogP contribution in [0.4, 0.5) is 8.78 Å². The fraction of sp³-hybridized carbons (Fsp3) is 0.462. The molecule has 1 aliphatic rings. The van der Waals surface area contributed by atoms with Crippen LogP contribution < -0.4 is 0 Å². The molecular formula is C13H15F2NO. The summed E-state index contributed by atoms with van der Waals surface area (Å²) in [5, 5.41) is 0. The maximum absolute atomic E-state index is 13.6. The summed E-state index contributed by atoms with van der Waals surface area (Å²) in [6.45, 7) is 4.33. The number of benzene rings is 1. The van der Waals surface area contributed by atoms with Crippen LogP contribution in [0.3, 0.4) is 0 Å². The van der Waals surface area contributed by atoms with Crippen molar-refractivity contribution in [3.05, 3.63) is 34.4 Å². The molecule has 1 heterocycles. The van der Waals surface area contributed by atoms with Crippen LogP contribution in [0.5, 0.6) is 0 Å². The first-order valence-corrected chi connectivity index (χ1v) is 5.77. The van der Waals surface area contributed by atoms with Crippen molar-refractivity contribution in [1.82, 2.24) is 4.90 Å². The Hall–Kier alpha value is -1.45. The summed E-state index contributed by atoms with van der Waals surface area (Å²) in [6.07, 6.45) is 1.96. The lowest BCUT2D eigenvalue weighted by Crippen LogP contribution is -2.28. The molecule has 2 nitrogen and oxygen atoms in total. The first-order valence-electron chi connectivity index (χ1n) is 5.77. The lowest BCUT2D eigenvalue weighted by molar-refractivity contribution is 0.0791. The standard InChI is InChI=1S/C13H15F2NO/c1-8-7-10(9(2)12(15)11(8)14)13(17)16-5-3-4-6-16/h7H,3-6H2,1-2H3. The van der Waals surface area contributed by atoms with E-state index in [0.717, 1.165) is 12.8 Å². The Labute approximate surface area is 99.2 Å². The molecule has 17 heavy (non-hydrogen) atoms. The molecule has 0 atom stereocenters. The van der Waals surface area contributed by atoms with Gasteiger partial charge in [0.05, 0.1) is 0 Å². The van der Waals surface area contributed by atoms with E-state index in [4.69, 9.17) is 0 Å². The van der Waals surface area contributed by atoms with Crippen LogP contribution in [-0.2, 0) is 0 Å². The van der Waals surface area contributed by atoms with Crippen molar-refractivity contribution in [3.63, 3.8) is 0 Å². The number of carbonyl (C=O) groups excluding carboxylic acids is 1. The third-order valence-electron chi connectivity index (χ3n) is 3.26. The van der Waals surface area contributed by atoms with Gasteiger partial charge in [-0.3, -0.25) is 4.79 Å². The highest BCUT2D eigenvalue weighted by Gasteiger charge is 2.24. The van der Waals surface area contributed by atoms with Gasteiger partial charge in [0, 0.05) is 24.2 Å². The maximum Gasteiger partial charge on any atom is 0.254 e. The van der Waals surface area contributed by atoms with Gasteiger partial charge in [-0.05, 0) is 38.3 Å². The van der Waals surface area contributed by atoms with Crippen molar-refractivity contribution in [2.45, 2.75) is 26.7 Å². The third kappa shape index (κ3) is 2.04. The number of carbonyl (C=O) groups is 1. The predicted octanol–water partition coefficient (Wildman–Crippen LogP) is 2.82. The van der Waals surface area contributed by atoms with E-state index >= 15 is 0 Å². The number of rotatable bonds is 1. The Balaban J connectivity index is 2.41. The summed E-state index contributed by atoms with van der Waals surface area (Å²) in [5.41, 5.74) is 0.559. The quantitative estimate of drug-likeness (QED) is 0.738. The fourth-order valence-electron chi connectivity index (χ4n) is 2.16. The third-order valence-corrected chi connectivity index (χ3v) is 3.26. The molecule has 92 valence electrons. The van der Waals surface area contributed by atoms with Crippen LogP contribution in [0.25, 0.3) is 0 Å². The molecule has 0 spiro atoms. The SMILES string of the molecule is Cc1cc(C(=O)N2CCCC2)c(C)c(F)c1F. The molecule has 0 unspecified atom stereocenters. The molecule has 0 saturated carbocycles. The molecule has 0 aliphatic carbocycles. The second-order valence-corrected chi connectivity index (χ2v) is 4.49. The monoisotopic (exact) mass is 239 g/mol. The molecule has 1 saturated heterocycles. The van der Waals surface area contributed by atoms with E-state index in [-0.39, 0.29) is 22.6 Å². The van der Waals surface area contributed by atoms with Gasteiger partial charge in [0.25, 0.3) is 5.91 Å². The summed E-state index contributed by atoms with van der Waals surface area (Å²) in [7, 11) is 0. The average Bonchev–Trinajstić information content (AvgIpc) is 2.84. The van der Waals surface area contributed by atoms with Crippen LogP contribution in [-0.4, -0.2) is 23.9 Å². The molecule has 1 aliphatic heterocycles. The van der Waals surface area contributed by atoms with Gasteiger partial charge in [-0.1, -0.05) is 0 Å². The van der Waals surface area contributed by atoms with Crippen LogP contribution in [0, 0.1) is 25.5 Å². The molecule has 0 bridgehead atoms. The second kappa shape index (κ2) is 4.43. The molecule has 1 aromatic carbocycles. The fourth-order valence-corrected chi connectivity index (χ4v) is 2.16. The summed E-state index contributed by atoms with van der Waals surface area (Å²) in [6, 6.07) is 1.44. The summed E-state index contributed by atoms with van der Waals surface area (Å²) >= 11 is 0. The zero-order valence-corrected chi connectivity index (χ0v) is 10.0. The van der Waals surface area contributed by atoms with E-state index in [0.29, 0.717) is 13.1 Å². The average molecular weight is 239 g/mol.